The van der Waals surface area contributed by atoms with E-state index in [4.69, 9.17) is 9.05 Å². The molecule has 1 aliphatic carbocycles. The molecule has 0 N–H and O–H groups in total. The van der Waals surface area contributed by atoms with E-state index in [9.17, 15) is 4.57 Å². The van der Waals surface area contributed by atoms with Crippen LogP contribution in [-0.2, 0) is 13.6 Å². The topological polar surface area (TPSA) is 35.5 Å². The summed E-state index contributed by atoms with van der Waals surface area (Å²) in [5.41, 5.74) is -0.998. The predicted octanol–water partition coefficient (Wildman–Crippen LogP) is 4.92. The fraction of sp³-hybridized carbons (Fsp3) is 0.867. The van der Waals surface area contributed by atoms with Crippen molar-refractivity contribution in [3.05, 3.63) is 12.2 Å². The van der Waals surface area contributed by atoms with E-state index in [2.05, 4.69) is 6.08 Å². The summed E-state index contributed by atoms with van der Waals surface area (Å²) >= 11 is 0. The van der Waals surface area contributed by atoms with E-state index in [1.54, 1.807) is 0 Å². The van der Waals surface area contributed by atoms with Crippen LogP contribution in [0.3, 0.4) is 0 Å². The zero-order valence-corrected chi connectivity index (χ0v) is 13.5. The van der Waals surface area contributed by atoms with E-state index in [0.29, 0.717) is 12.1 Å². The maximum atomic E-state index is 12.6. The molecule has 3 nitrogen and oxygen atoms in total. The second kappa shape index (κ2) is 5.35. The van der Waals surface area contributed by atoms with Crippen LogP contribution in [0.4, 0.5) is 0 Å². The average Bonchev–Trinajstić information content (AvgIpc) is 2.44. The predicted molar refractivity (Wildman–Crippen MR) is 78.5 cm³/mol. The van der Waals surface area contributed by atoms with Gasteiger partial charge in [-0.05, 0) is 46.5 Å². The van der Waals surface area contributed by atoms with Crippen LogP contribution in [-0.4, -0.2) is 17.4 Å². The number of hydrogen-bond acceptors (Lipinski definition) is 3. The molecule has 1 saturated heterocycles. The molecule has 1 heterocycles. The highest BCUT2D eigenvalue weighted by molar-refractivity contribution is 7.54. The molecule has 1 aliphatic heterocycles. The molecule has 0 amide bonds. The standard InChI is InChI=1S/C15H27O3P/c1-14(2)15(3,4)18-19(16,17-14)12-8-11-13-9-6-5-7-10-13/h8,11,13H,5-7,9-10,12H2,1-4H3/b11-8+. The number of allylic oxidation sites excluding steroid dienone is 2. The quantitative estimate of drug-likeness (QED) is 0.545. The second-order valence-corrected chi connectivity index (χ2v) is 8.78. The van der Waals surface area contributed by atoms with Gasteiger partial charge in [-0.1, -0.05) is 31.4 Å². The summed E-state index contributed by atoms with van der Waals surface area (Å²) in [5.74, 6) is 0.656. The summed E-state index contributed by atoms with van der Waals surface area (Å²) in [4.78, 5) is 0. The van der Waals surface area contributed by atoms with Gasteiger partial charge in [0.1, 0.15) is 11.2 Å². The molecule has 0 bridgehead atoms. The minimum atomic E-state index is -2.97. The molecule has 2 fully saturated rings. The maximum Gasteiger partial charge on any atom is 0.335 e. The lowest BCUT2D eigenvalue weighted by Gasteiger charge is -2.29. The Morgan fingerprint density at radius 2 is 1.58 bits per heavy atom. The smallest absolute Gasteiger partial charge is 0.299 e. The SMILES string of the molecule is CC1(C)OP(=O)(C/C=C/C2CCCCC2)OC1(C)C. The first kappa shape index (κ1) is 15.3. The second-order valence-electron chi connectivity index (χ2n) is 6.82. The summed E-state index contributed by atoms with van der Waals surface area (Å²) < 4.78 is 24.0. The van der Waals surface area contributed by atoms with Gasteiger partial charge in [-0.2, -0.15) is 0 Å². The van der Waals surface area contributed by atoms with Crippen molar-refractivity contribution in [2.24, 2.45) is 5.92 Å². The van der Waals surface area contributed by atoms with Crippen molar-refractivity contribution in [1.29, 1.82) is 0 Å². The molecule has 0 unspecified atom stereocenters. The van der Waals surface area contributed by atoms with Crippen molar-refractivity contribution < 1.29 is 13.6 Å². The van der Waals surface area contributed by atoms with Gasteiger partial charge in [0.15, 0.2) is 0 Å². The Labute approximate surface area is 117 Å². The Morgan fingerprint density at radius 1 is 1.05 bits per heavy atom. The molecule has 0 aromatic rings. The molecule has 1 saturated carbocycles. The van der Waals surface area contributed by atoms with Gasteiger partial charge in [-0.3, -0.25) is 13.6 Å². The Kier molecular flexibility index (Phi) is 4.30. The van der Waals surface area contributed by atoms with Crippen LogP contribution in [0.2, 0.25) is 0 Å². The normalized spacial score (nSPS) is 29.9. The summed E-state index contributed by atoms with van der Waals surface area (Å²) in [6.07, 6.45) is 11.1. The van der Waals surface area contributed by atoms with E-state index >= 15 is 0 Å². The van der Waals surface area contributed by atoms with Gasteiger partial charge in [0.2, 0.25) is 0 Å². The van der Waals surface area contributed by atoms with Crippen molar-refractivity contribution in [1.82, 2.24) is 0 Å². The van der Waals surface area contributed by atoms with Gasteiger partial charge in [0, 0.05) is 0 Å². The highest BCUT2D eigenvalue weighted by atomic mass is 31.2. The van der Waals surface area contributed by atoms with Crippen LogP contribution < -0.4 is 0 Å². The van der Waals surface area contributed by atoms with Crippen LogP contribution >= 0.6 is 7.60 Å². The third-order valence-corrected chi connectivity index (χ3v) is 6.70. The monoisotopic (exact) mass is 286 g/mol. The third-order valence-electron chi connectivity index (χ3n) is 4.57. The molecule has 2 aliphatic rings. The largest absolute Gasteiger partial charge is 0.335 e. The van der Waals surface area contributed by atoms with Crippen LogP contribution in [0.5, 0.6) is 0 Å². The molecule has 0 aromatic carbocycles. The van der Waals surface area contributed by atoms with Crippen LogP contribution in [0.15, 0.2) is 12.2 Å². The van der Waals surface area contributed by atoms with Crippen molar-refractivity contribution in [3.63, 3.8) is 0 Å². The van der Waals surface area contributed by atoms with Crippen molar-refractivity contribution >= 4 is 7.60 Å². The molecule has 2 rings (SSSR count). The zero-order chi connectivity index (χ0) is 14.1. The molecule has 0 radical (unpaired) electrons. The lowest BCUT2D eigenvalue weighted by atomic mass is 9.89. The molecule has 0 atom stereocenters. The Hall–Kier alpha value is -0.110. The Bertz CT molecular complexity index is 372. The molecule has 19 heavy (non-hydrogen) atoms. The molecule has 0 aromatic heterocycles. The lowest BCUT2D eigenvalue weighted by molar-refractivity contribution is 0.00578. The van der Waals surface area contributed by atoms with Gasteiger partial charge in [0.05, 0.1) is 6.16 Å². The highest BCUT2D eigenvalue weighted by Gasteiger charge is 2.54. The average molecular weight is 286 g/mol. The lowest BCUT2D eigenvalue weighted by Crippen LogP contribution is -2.41. The number of hydrogen-bond donors (Lipinski definition) is 0. The molecule has 110 valence electrons. The van der Waals surface area contributed by atoms with Crippen LogP contribution in [0.1, 0.15) is 59.8 Å². The van der Waals surface area contributed by atoms with Gasteiger partial charge < -0.3 is 0 Å². The first-order valence-electron chi connectivity index (χ1n) is 7.41. The van der Waals surface area contributed by atoms with Gasteiger partial charge in [0.25, 0.3) is 0 Å². The third kappa shape index (κ3) is 3.51. The Balaban J connectivity index is 1.92. The van der Waals surface area contributed by atoms with Gasteiger partial charge >= 0.3 is 7.60 Å². The molecular formula is C15H27O3P. The fourth-order valence-corrected chi connectivity index (χ4v) is 5.11. The molecular weight excluding hydrogens is 259 g/mol. The van der Waals surface area contributed by atoms with E-state index in [0.717, 1.165) is 0 Å². The minimum Gasteiger partial charge on any atom is -0.299 e. The van der Waals surface area contributed by atoms with E-state index in [1.165, 1.54) is 32.1 Å². The van der Waals surface area contributed by atoms with Crippen LogP contribution in [0.25, 0.3) is 0 Å². The first-order valence-corrected chi connectivity index (χ1v) is 9.14. The van der Waals surface area contributed by atoms with Gasteiger partial charge in [-0.25, -0.2) is 0 Å². The van der Waals surface area contributed by atoms with Crippen molar-refractivity contribution in [3.8, 4) is 0 Å². The van der Waals surface area contributed by atoms with E-state index in [1.807, 2.05) is 33.8 Å². The number of rotatable bonds is 3. The van der Waals surface area contributed by atoms with Crippen LogP contribution in [0, 0.1) is 5.92 Å². The van der Waals surface area contributed by atoms with E-state index in [-0.39, 0.29) is 0 Å². The Morgan fingerprint density at radius 3 is 2.11 bits per heavy atom. The maximum absolute atomic E-state index is 12.6. The first-order chi connectivity index (χ1) is 8.74. The highest BCUT2D eigenvalue weighted by Crippen LogP contribution is 2.63. The summed E-state index contributed by atoms with van der Waals surface area (Å²) in [5, 5.41) is 0. The molecule has 4 heteroatoms. The van der Waals surface area contributed by atoms with Crippen molar-refractivity contribution in [2.75, 3.05) is 6.16 Å². The molecule has 0 spiro atoms. The summed E-state index contributed by atoms with van der Waals surface area (Å²) in [7, 11) is -2.97. The zero-order valence-electron chi connectivity index (χ0n) is 12.6. The van der Waals surface area contributed by atoms with Gasteiger partial charge in [-0.15, -0.1) is 0 Å². The summed E-state index contributed by atoms with van der Waals surface area (Å²) in [6, 6.07) is 0. The van der Waals surface area contributed by atoms with E-state index < -0.39 is 18.8 Å². The minimum absolute atomic E-state index is 0.399. The van der Waals surface area contributed by atoms with Crippen molar-refractivity contribution in [2.45, 2.75) is 71.0 Å². The summed E-state index contributed by atoms with van der Waals surface area (Å²) in [6.45, 7) is 7.77. The fourth-order valence-electron chi connectivity index (χ4n) is 2.72.